The van der Waals surface area contributed by atoms with E-state index in [-0.39, 0.29) is 11.9 Å². The summed E-state index contributed by atoms with van der Waals surface area (Å²) >= 11 is 3.09. The molecule has 0 radical (unpaired) electrons. The molecule has 2 heterocycles. The van der Waals surface area contributed by atoms with Gasteiger partial charge in [-0.1, -0.05) is 0 Å². The van der Waals surface area contributed by atoms with Crippen LogP contribution in [0, 0.1) is 0 Å². The van der Waals surface area contributed by atoms with E-state index in [9.17, 15) is 4.79 Å². The third-order valence-electron chi connectivity index (χ3n) is 3.09. The fourth-order valence-corrected chi connectivity index (χ4v) is 3.58. The molecular weight excluding hydrogens is 278 g/mol. The van der Waals surface area contributed by atoms with Gasteiger partial charge in [0.25, 0.3) is 5.91 Å². The normalized spacial score (nSPS) is 12.6. The van der Waals surface area contributed by atoms with Crippen molar-refractivity contribution >= 4 is 44.9 Å². The van der Waals surface area contributed by atoms with Crippen molar-refractivity contribution in [2.75, 3.05) is 24.8 Å². The number of hydrogen-bond acceptors (Lipinski definition) is 5. The van der Waals surface area contributed by atoms with Gasteiger partial charge in [-0.3, -0.25) is 4.79 Å². The number of pyridine rings is 1. The maximum atomic E-state index is 12.5. The highest BCUT2D eigenvalue weighted by molar-refractivity contribution is 7.98. The monoisotopic (exact) mass is 295 g/mol. The summed E-state index contributed by atoms with van der Waals surface area (Å²) in [7, 11) is 1.82. The van der Waals surface area contributed by atoms with Gasteiger partial charge in [0.1, 0.15) is 9.71 Å². The van der Waals surface area contributed by atoms with E-state index in [0.29, 0.717) is 10.6 Å². The van der Waals surface area contributed by atoms with Crippen LogP contribution in [0.15, 0.2) is 18.3 Å². The van der Waals surface area contributed by atoms with Gasteiger partial charge in [0.2, 0.25) is 0 Å². The number of thioether (sulfide) groups is 1. The quantitative estimate of drug-likeness (QED) is 0.942. The second-order valence-corrected chi connectivity index (χ2v) is 6.33. The fourth-order valence-electron chi connectivity index (χ4n) is 1.82. The van der Waals surface area contributed by atoms with E-state index < -0.39 is 0 Å². The maximum Gasteiger partial charge on any atom is 0.266 e. The summed E-state index contributed by atoms with van der Waals surface area (Å²) in [4.78, 5) is 19.9. The molecule has 0 aliphatic heterocycles. The first-order chi connectivity index (χ1) is 9.06. The van der Waals surface area contributed by atoms with Crippen molar-refractivity contribution in [3.8, 4) is 0 Å². The summed E-state index contributed by atoms with van der Waals surface area (Å²) in [5.74, 6) is 0.882. The number of rotatable bonds is 4. The van der Waals surface area contributed by atoms with E-state index in [0.717, 1.165) is 16.0 Å². The molecule has 0 aliphatic carbocycles. The maximum absolute atomic E-state index is 12.5. The molecule has 0 fully saturated rings. The Balaban J connectivity index is 2.33. The largest absolute Gasteiger partial charge is 0.397 e. The van der Waals surface area contributed by atoms with E-state index in [1.807, 2.05) is 32.4 Å². The standard InChI is InChI=1S/C13H17N3OS2/c1-8(7-18-3)16(2)13(17)11-10(14)9-5-4-6-15-12(9)19-11/h4-6,8H,7,14H2,1-3H3. The molecule has 0 saturated carbocycles. The van der Waals surface area contributed by atoms with Crippen molar-refractivity contribution < 1.29 is 4.79 Å². The molecule has 0 aromatic carbocycles. The average molecular weight is 295 g/mol. The van der Waals surface area contributed by atoms with Crippen LogP contribution in [-0.2, 0) is 0 Å². The number of hydrogen-bond donors (Lipinski definition) is 1. The predicted molar refractivity (Wildman–Crippen MR) is 84.0 cm³/mol. The SMILES string of the molecule is CSCC(C)N(C)C(=O)c1sc2ncccc2c1N. The van der Waals surface area contributed by atoms with Crippen LogP contribution < -0.4 is 5.73 Å². The number of nitrogens with two attached hydrogens (primary N) is 1. The summed E-state index contributed by atoms with van der Waals surface area (Å²) in [5, 5.41) is 0.863. The van der Waals surface area contributed by atoms with Gasteiger partial charge in [0, 0.05) is 30.4 Å². The molecule has 0 aliphatic rings. The Kier molecular flexibility index (Phi) is 4.31. The second kappa shape index (κ2) is 5.79. The van der Waals surface area contributed by atoms with Crippen LogP contribution in [0.3, 0.4) is 0 Å². The molecular formula is C13H17N3OS2. The molecule has 102 valence electrons. The van der Waals surface area contributed by atoms with Gasteiger partial charge in [0.15, 0.2) is 0 Å². The van der Waals surface area contributed by atoms with Crippen molar-refractivity contribution in [1.82, 2.24) is 9.88 Å². The number of fused-ring (bicyclic) bond motifs is 1. The van der Waals surface area contributed by atoms with Crippen LogP contribution in [0.2, 0.25) is 0 Å². The number of aromatic nitrogens is 1. The van der Waals surface area contributed by atoms with Gasteiger partial charge in [0.05, 0.1) is 5.69 Å². The summed E-state index contributed by atoms with van der Waals surface area (Å²) in [6.07, 6.45) is 3.75. The molecule has 0 saturated heterocycles. The lowest BCUT2D eigenvalue weighted by molar-refractivity contribution is 0.0763. The molecule has 0 bridgehead atoms. The highest BCUT2D eigenvalue weighted by atomic mass is 32.2. The van der Waals surface area contributed by atoms with Crippen LogP contribution >= 0.6 is 23.1 Å². The lowest BCUT2D eigenvalue weighted by atomic mass is 10.2. The van der Waals surface area contributed by atoms with Gasteiger partial charge in [-0.25, -0.2) is 4.98 Å². The van der Waals surface area contributed by atoms with E-state index in [2.05, 4.69) is 4.98 Å². The Hall–Kier alpha value is -1.27. The third kappa shape index (κ3) is 2.69. The molecule has 2 aromatic rings. The molecule has 1 amide bonds. The van der Waals surface area contributed by atoms with Crippen LogP contribution in [0.5, 0.6) is 0 Å². The summed E-state index contributed by atoms with van der Waals surface area (Å²) in [6.45, 7) is 2.04. The molecule has 1 unspecified atom stereocenters. The van der Waals surface area contributed by atoms with Crippen LogP contribution in [0.1, 0.15) is 16.6 Å². The molecule has 1 atom stereocenters. The van der Waals surface area contributed by atoms with Crippen molar-refractivity contribution in [3.05, 3.63) is 23.2 Å². The number of nitrogen functional groups attached to an aromatic ring is 1. The van der Waals surface area contributed by atoms with Crippen molar-refractivity contribution in [3.63, 3.8) is 0 Å². The van der Waals surface area contributed by atoms with E-state index in [1.165, 1.54) is 11.3 Å². The topological polar surface area (TPSA) is 59.2 Å². The predicted octanol–water partition coefficient (Wildman–Crippen LogP) is 2.70. The molecule has 4 nitrogen and oxygen atoms in total. The number of thiophene rings is 1. The van der Waals surface area contributed by atoms with E-state index in [4.69, 9.17) is 5.73 Å². The highest BCUT2D eigenvalue weighted by Gasteiger charge is 2.22. The van der Waals surface area contributed by atoms with Gasteiger partial charge in [-0.05, 0) is 25.3 Å². The fraction of sp³-hybridized carbons (Fsp3) is 0.385. The Morgan fingerprint density at radius 2 is 2.37 bits per heavy atom. The zero-order valence-electron chi connectivity index (χ0n) is 11.2. The van der Waals surface area contributed by atoms with Gasteiger partial charge >= 0.3 is 0 Å². The number of amides is 1. The minimum Gasteiger partial charge on any atom is -0.397 e. The Bertz CT molecular complexity index is 597. The second-order valence-electron chi connectivity index (χ2n) is 4.42. The molecule has 6 heteroatoms. The molecule has 0 spiro atoms. The number of carbonyl (C=O) groups is 1. The molecule has 2 rings (SSSR count). The van der Waals surface area contributed by atoms with E-state index >= 15 is 0 Å². The minimum absolute atomic E-state index is 0.0259. The number of anilines is 1. The Morgan fingerprint density at radius 3 is 3.00 bits per heavy atom. The Labute approximate surface area is 121 Å². The van der Waals surface area contributed by atoms with Crippen LogP contribution in [0.25, 0.3) is 10.2 Å². The van der Waals surface area contributed by atoms with Gasteiger partial charge in [-0.2, -0.15) is 11.8 Å². The van der Waals surface area contributed by atoms with Crippen molar-refractivity contribution in [1.29, 1.82) is 0 Å². The van der Waals surface area contributed by atoms with E-state index in [1.54, 1.807) is 22.9 Å². The molecule has 2 N–H and O–H groups in total. The lowest BCUT2D eigenvalue weighted by Crippen LogP contribution is -2.36. The summed E-state index contributed by atoms with van der Waals surface area (Å²) in [6, 6.07) is 3.91. The molecule has 19 heavy (non-hydrogen) atoms. The van der Waals surface area contributed by atoms with Crippen molar-refractivity contribution in [2.24, 2.45) is 0 Å². The number of carbonyl (C=O) groups excluding carboxylic acids is 1. The van der Waals surface area contributed by atoms with Gasteiger partial charge in [-0.15, -0.1) is 11.3 Å². The van der Waals surface area contributed by atoms with Crippen LogP contribution in [-0.4, -0.2) is 40.9 Å². The zero-order valence-corrected chi connectivity index (χ0v) is 12.8. The molecule has 2 aromatic heterocycles. The average Bonchev–Trinajstić information content (AvgIpc) is 2.75. The Morgan fingerprint density at radius 1 is 1.63 bits per heavy atom. The van der Waals surface area contributed by atoms with Crippen molar-refractivity contribution in [2.45, 2.75) is 13.0 Å². The lowest BCUT2D eigenvalue weighted by Gasteiger charge is -2.23. The minimum atomic E-state index is -0.0259. The third-order valence-corrected chi connectivity index (χ3v) is 5.02. The van der Waals surface area contributed by atoms with Crippen LogP contribution in [0.4, 0.5) is 5.69 Å². The first kappa shape index (κ1) is 14.1. The first-order valence-corrected chi connectivity index (χ1v) is 8.16. The smallest absolute Gasteiger partial charge is 0.266 e. The first-order valence-electron chi connectivity index (χ1n) is 5.95. The number of nitrogens with zero attached hydrogens (tertiary/aromatic N) is 2. The zero-order chi connectivity index (χ0) is 14.0. The summed E-state index contributed by atoms with van der Waals surface area (Å²) in [5.41, 5.74) is 6.61. The summed E-state index contributed by atoms with van der Waals surface area (Å²) < 4.78 is 0. The highest BCUT2D eigenvalue weighted by Crippen LogP contribution is 2.32. The van der Waals surface area contributed by atoms with Gasteiger partial charge < -0.3 is 10.6 Å².